The van der Waals surface area contributed by atoms with Crippen LogP contribution in [0.25, 0.3) is 0 Å². The highest BCUT2D eigenvalue weighted by molar-refractivity contribution is 5.90. The van der Waals surface area contributed by atoms with E-state index < -0.39 is 5.97 Å². The monoisotopic (exact) mass is 417 g/mol. The third kappa shape index (κ3) is 5.10. The number of carbonyl (C=O) groups is 1. The van der Waals surface area contributed by atoms with Gasteiger partial charge in [-0.3, -0.25) is 0 Å². The molecule has 1 N–H and O–H groups in total. The highest BCUT2D eigenvalue weighted by atomic mass is 16.4. The Labute approximate surface area is 187 Å². The number of hydrogen-bond donors (Lipinski definition) is 1. The molecular weight excluding hydrogens is 382 g/mol. The van der Waals surface area contributed by atoms with Crippen molar-refractivity contribution in [1.82, 2.24) is 0 Å². The zero-order valence-corrected chi connectivity index (χ0v) is 19.6. The molecular formula is C28H35NO2. The van der Waals surface area contributed by atoms with E-state index in [4.69, 9.17) is 0 Å². The number of benzene rings is 2. The van der Waals surface area contributed by atoms with Gasteiger partial charge in [-0.1, -0.05) is 70.2 Å². The minimum Gasteiger partial charge on any atom is -0.478 e. The first-order valence-corrected chi connectivity index (χ1v) is 11.2. The van der Waals surface area contributed by atoms with E-state index in [1.807, 2.05) is 26.2 Å². The fourth-order valence-corrected chi connectivity index (χ4v) is 4.25. The highest BCUT2D eigenvalue weighted by Crippen LogP contribution is 2.39. The van der Waals surface area contributed by atoms with E-state index in [1.54, 1.807) is 0 Å². The van der Waals surface area contributed by atoms with Crippen LogP contribution in [0, 0.1) is 11.8 Å². The number of aromatic carboxylic acids is 1. The molecule has 0 spiro atoms. The van der Waals surface area contributed by atoms with Gasteiger partial charge in [-0.25, -0.2) is 4.79 Å². The van der Waals surface area contributed by atoms with E-state index >= 15 is 0 Å². The number of allylic oxidation sites excluding steroid dienone is 4. The normalized spacial score (nSPS) is 17.0. The summed E-state index contributed by atoms with van der Waals surface area (Å²) in [6, 6.07) is 14.4. The van der Waals surface area contributed by atoms with Gasteiger partial charge in [-0.05, 0) is 64.6 Å². The summed E-state index contributed by atoms with van der Waals surface area (Å²) in [5.41, 5.74) is 5.72. The molecule has 1 aliphatic rings. The van der Waals surface area contributed by atoms with Crippen molar-refractivity contribution < 1.29 is 9.90 Å². The maximum absolute atomic E-state index is 12.3. The molecule has 3 rings (SSSR count). The van der Waals surface area contributed by atoms with Crippen LogP contribution in [0.5, 0.6) is 0 Å². The summed E-state index contributed by atoms with van der Waals surface area (Å²) in [4.78, 5) is 14.3. The molecule has 0 fully saturated rings. The Morgan fingerprint density at radius 1 is 1.00 bits per heavy atom. The molecule has 3 nitrogen and oxygen atoms in total. The third-order valence-electron chi connectivity index (χ3n) is 6.38. The Morgan fingerprint density at radius 2 is 1.65 bits per heavy atom. The van der Waals surface area contributed by atoms with Gasteiger partial charge in [-0.15, -0.1) is 0 Å². The van der Waals surface area contributed by atoms with Crippen LogP contribution in [0.3, 0.4) is 0 Å². The minimum atomic E-state index is -0.868. The van der Waals surface area contributed by atoms with Gasteiger partial charge in [0.25, 0.3) is 0 Å². The van der Waals surface area contributed by atoms with Crippen molar-refractivity contribution in [2.75, 3.05) is 19.0 Å². The van der Waals surface area contributed by atoms with Crippen molar-refractivity contribution in [3.8, 4) is 0 Å². The largest absolute Gasteiger partial charge is 0.478 e. The van der Waals surface area contributed by atoms with Gasteiger partial charge < -0.3 is 10.0 Å². The molecule has 1 aliphatic carbocycles. The molecule has 31 heavy (non-hydrogen) atoms. The highest BCUT2D eigenvalue weighted by Gasteiger charge is 2.26. The van der Waals surface area contributed by atoms with Crippen molar-refractivity contribution in [1.29, 1.82) is 0 Å². The maximum atomic E-state index is 12.3. The molecule has 0 amide bonds. The summed E-state index contributed by atoms with van der Waals surface area (Å²) in [6.07, 6.45) is 7.80. The van der Waals surface area contributed by atoms with Crippen molar-refractivity contribution in [2.45, 2.75) is 46.0 Å². The first kappa shape index (κ1) is 22.9. The van der Waals surface area contributed by atoms with Gasteiger partial charge in [0, 0.05) is 25.7 Å². The zero-order valence-electron chi connectivity index (χ0n) is 19.6. The van der Waals surface area contributed by atoms with Crippen molar-refractivity contribution >= 4 is 11.7 Å². The van der Waals surface area contributed by atoms with Gasteiger partial charge in [0.15, 0.2) is 0 Å². The summed E-state index contributed by atoms with van der Waals surface area (Å²) in [7, 11) is 4.05. The fraction of sp³-hybridized carbons (Fsp3) is 0.393. The Hall–Kier alpha value is -2.81. The summed E-state index contributed by atoms with van der Waals surface area (Å²) in [5.74, 6) is 0.431. The SMILES string of the molecule is CC(C)c1ccc(C(C2=CCC(C(C)C)C=C2)c2ccc(N(C)C)cc2)c(C(=O)O)c1. The molecule has 0 heterocycles. The second-order valence-corrected chi connectivity index (χ2v) is 9.43. The standard InChI is InChI=1S/C28H35NO2/c1-18(2)20-7-9-21(10-8-20)27(22-11-14-24(15-12-22)29(5)6)25-16-13-23(19(3)4)17-26(25)28(30)31/h7,9-20,27H,8H2,1-6H3,(H,30,31). The number of nitrogens with zero attached hydrogens (tertiary/aromatic N) is 1. The Balaban J connectivity index is 2.13. The molecule has 0 saturated carbocycles. The molecule has 164 valence electrons. The van der Waals surface area contributed by atoms with E-state index in [9.17, 15) is 9.90 Å². The fourth-order valence-electron chi connectivity index (χ4n) is 4.25. The molecule has 2 aromatic rings. The van der Waals surface area contributed by atoms with Crippen molar-refractivity contribution in [3.05, 3.63) is 88.5 Å². The van der Waals surface area contributed by atoms with Gasteiger partial charge in [0.05, 0.1) is 5.56 Å². The second-order valence-electron chi connectivity index (χ2n) is 9.43. The van der Waals surface area contributed by atoms with Crippen LogP contribution >= 0.6 is 0 Å². The first-order chi connectivity index (χ1) is 14.7. The first-order valence-electron chi connectivity index (χ1n) is 11.2. The molecule has 2 unspecified atom stereocenters. The lowest BCUT2D eigenvalue weighted by Gasteiger charge is -2.27. The number of hydrogen-bond acceptors (Lipinski definition) is 2. The third-order valence-corrected chi connectivity index (χ3v) is 6.38. The van der Waals surface area contributed by atoms with Crippen LogP contribution in [0.15, 0.2) is 66.3 Å². The number of carboxylic acids is 1. The Kier molecular flexibility index (Phi) is 7.04. The quantitative estimate of drug-likeness (QED) is 0.535. The van der Waals surface area contributed by atoms with Crippen molar-refractivity contribution in [2.24, 2.45) is 11.8 Å². The molecule has 0 saturated heterocycles. The van der Waals surface area contributed by atoms with Crippen LogP contribution in [-0.4, -0.2) is 25.2 Å². The predicted octanol–water partition coefficient (Wildman–Crippen LogP) is 6.86. The lowest BCUT2D eigenvalue weighted by molar-refractivity contribution is 0.0695. The molecule has 0 radical (unpaired) electrons. The maximum Gasteiger partial charge on any atom is 0.336 e. The molecule has 0 aromatic heterocycles. The summed E-state index contributed by atoms with van der Waals surface area (Å²) in [5, 5.41) is 10.1. The summed E-state index contributed by atoms with van der Waals surface area (Å²) < 4.78 is 0. The van der Waals surface area contributed by atoms with Gasteiger partial charge in [0.2, 0.25) is 0 Å². The van der Waals surface area contributed by atoms with Crippen LogP contribution in [0.4, 0.5) is 5.69 Å². The van der Waals surface area contributed by atoms with E-state index in [2.05, 4.69) is 81.2 Å². The molecule has 3 heteroatoms. The molecule has 0 bridgehead atoms. The van der Waals surface area contributed by atoms with Crippen LogP contribution in [0.2, 0.25) is 0 Å². The van der Waals surface area contributed by atoms with Crippen LogP contribution in [-0.2, 0) is 0 Å². The zero-order chi connectivity index (χ0) is 22.7. The van der Waals surface area contributed by atoms with Crippen LogP contribution < -0.4 is 4.90 Å². The van der Waals surface area contributed by atoms with Gasteiger partial charge in [-0.2, -0.15) is 0 Å². The van der Waals surface area contributed by atoms with Crippen molar-refractivity contribution in [3.63, 3.8) is 0 Å². The lowest BCUT2D eigenvalue weighted by atomic mass is 9.77. The van der Waals surface area contributed by atoms with Crippen LogP contribution in [0.1, 0.15) is 73.0 Å². The second kappa shape index (κ2) is 9.55. The Bertz CT molecular complexity index is 981. The van der Waals surface area contributed by atoms with E-state index in [-0.39, 0.29) is 11.8 Å². The number of rotatable bonds is 7. The van der Waals surface area contributed by atoms with E-state index in [0.29, 0.717) is 17.4 Å². The molecule has 2 aromatic carbocycles. The van der Waals surface area contributed by atoms with E-state index in [1.165, 1.54) is 5.57 Å². The topological polar surface area (TPSA) is 40.5 Å². The van der Waals surface area contributed by atoms with Gasteiger partial charge in [0.1, 0.15) is 0 Å². The summed E-state index contributed by atoms with van der Waals surface area (Å²) >= 11 is 0. The Morgan fingerprint density at radius 3 is 2.13 bits per heavy atom. The molecule has 0 aliphatic heterocycles. The lowest BCUT2D eigenvalue weighted by Crippen LogP contribution is -2.15. The molecule has 2 atom stereocenters. The number of anilines is 1. The smallest absolute Gasteiger partial charge is 0.336 e. The average molecular weight is 418 g/mol. The minimum absolute atomic E-state index is 0.104. The summed E-state index contributed by atoms with van der Waals surface area (Å²) in [6.45, 7) is 8.68. The number of carboxylic acid groups (broad SMARTS) is 1. The van der Waals surface area contributed by atoms with E-state index in [0.717, 1.165) is 28.8 Å². The average Bonchev–Trinajstić information content (AvgIpc) is 2.74. The predicted molar refractivity (Wildman–Crippen MR) is 130 cm³/mol. The van der Waals surface area contributed by atoms with Gasteiger partial charge >= 0.3 is 5.97 Å².